The summed E-state index contributed by atoms with van der Waals surface area (Å²) in [5.74, 6) is -0.395. The van der Waals surface area contributed by atoms with Crippen LogP contribution in [0.3, 0.4) is 0 Å². The highest BCUT2D eigenvalue weighted by molar-refractivity contribution is 9.10. The van der Waals surface area contributed by atoms with Gasteiger partial charge in [0.25, 0.3) is 0 Å². The van der Waals surface area contributed by atoms with E-state index in [4.69, 9.17) is 5.73 Å². The molecule has 3 nitrogen and oxygen atoms in total. The lowest BCUT2D eigenvalue weighted by atomic mass is 10.2. The molecule has 2 aromatic rings. The molecule has 90 valence electrons. The predicted molar refractivity (Wildman–Crippen MR) is 62.5 cm³/mol. The Labute approximate surface area is 107 Å². The fraction of sp³-hybridized carbons (Fsp3) is 0.111. The van der Waals surface area contributed by atoms with Gasteiger partial charge >= 0.3 is 6.18 Å². The van der Waals surface area contributed by atoms with E-state index in [2.05, 4.69) is 25.9 Å². The average molecular weight is 324 g/mol. The van der Waals surface area contributed by atoms with Crippen LogP contribution in [0.25, 0.3) is 11.3 Å². The Hall–Kier alpha value is -1.15. The van der Waals surface area contributed by atoms with E-state index < -0.39 is 17.8 Å². The van der Waals surface area contributed by atoms with Gasteiger partial charge in [-0.25, -0.2) is 9.97 Å². The highest BCUT2D eigenvalue weighted by Crippen LogP contribution is 2.34. The second-order valence-electron chi connectivity index (χ2n) is 3.13. The first kappa shape index (κ1) is 12.3. The summed E-state index contributed by atoms with van der Waals surface area (Å²) < 4.78 is 38.3. The number of nitrogens with two attached hydrogens (primary N) is 1. The smallest absolute Gasteiger partial charge is 0.368 e. The molecule has 0 amide bonds. The van der Waals surface area contributed by atoms with Crippen molar-refractivity contribution >= 4 is 33.2 Å². The van der Waals surface area contributed by atoms with Crippen molar-refractivity contribution in [3.63, 3.8) is 0 Å². The number of hydrogen-bond donors (Lipinski definition) is 1. The third-order valence-electron chi connectivity index (χ3n) is 1.92. The number of hydrogen-bond acceptors (Lipinski definition) is 4. The van der Waals surface area contributed by atoms with Crippen LogP contribution in [0, 0.1) is 0 Å². The van der Waals surface area contributed by atoms with Crippen molar-refractivity contribution < 1.29 is 13.2 Å². The molecular formula is C9H5BrF3N3S. The molecular weight excluding hydrogens is 319 g/mol. The summed E-state index contributed by atoms with van der Waals surface area (Å²) in [5.41, 5.74) is 4.95. The van der Waals surface area contributed by atoms with Crippen molar-refractivity contribution in [1.82, 2.24) is 9.97 Å². The van der Waals surface area contributed by atoms with Gasteiger partial charge in [-0.15, -0.1) is 0 Å². The molecule has 0 saturated carbocycles. The minimum Gasteiger partial charge on any atom is -0.368 e. The summed E-state index contributed by atoms with van der Waals surface area (Å²) in [6, 6.07) is 0.878. The van der Waals surface area contributed by atoms with Crippen LogP contribution in [0.4, 0.5) is 19.1 Å². The molecule has 0 aliphatic carbocycles. The molecule has 0 saturated heterocycles. The summed E-state index contributed by atoms with van der Waals surface area (Å²) >= 11 is 4.58. The molecule has 2 heterocycles. The van der Waals surface area contributed by atoms with Crippen LogP contribution in [-0.4, -0.2) is 9.97 Å². The zero-order valence-corrected chi connectivity index (χ0v) is 10.5. The lowest BCUT2D eigenvalue weighted by Crippen LogP contribution is -2.11. The SMILES string of the molecule is Nc1nc(-c2cscc2Br)cc(C(F)(F)F)n1. The molecule has 2 aromatic heterocycles. The standard InChI is InChI=1S/C9H5BrF3N3S/c10-5-3-17-2-4(5)6-1-7(9(11,12)13)16-8(14)15-6/h1-3H,(H2,14,15,16). The molecule has 0 aromatic carbocycles. The second kappa shape index (κ2) is 4.26. The highest BCUT2D eigenvalue weighted by atomic mass is 79.9. The van der Waals surface area contributed by atoms with E-state index in [0.29, 0.717) is 10.0 Å². The molecule has 0 bridgehead atoms. The molecule has 2 rings (SSSR count). The van der Waals surface area contributed by atoms with E-state index in [1.54, 1.807) is 10.8 Å². The van der Waals surface area contributed by atoms with E-state index in [9.17, 15) is 13.2 Å². The Morgan fingerprint density at radius 2 is 1.94 bits per heavy atom. The molecule has 0 radical (unpaired) electrons. The van der Waals surface area contributed by atoms with E-state index >= 15 is 0 Å². The normalized spacial score (nSPS) is 11.8. The number of nitrogen functional groups attached to an aromatic ring is 1. The summed E-state index contributed by atoms with van der Waals surface area (Å²) in [7, 11) is 0. The van der Waals surface area contributed by atoms with Crippen LogP contribution in [0.15, 0.2) is 21.3 Å². The first-order valence-electron chi connectivity index (χ1n) is 4.32. The Morgan fingerprint density at radius 3 is 2.47 bits per heavy atom. The first-order valence-corrected chi connectivity index (χ1v) is 6.05. The van der Waals surface area contributed by atoms with Crippen molar-refractivity contribution in [3.05, 3.63) is 27.0 Å². The first-order chi connectivity index (χ1) is 7.88. The van der Waals surface area contributed by atoms with Crippen molar-refractivity contribution in [2.75, 3.05) is 5.73 Å². The lowest BCUT2D eigenvalue weighted by molar-refractivity contribution is -0.141. The Balaban J connectivity index is 2.57. The number of anilines is 1. The Kier molecular flexibility index (Phi) is 3.09. The zero-order chi connectivity index (χ0) is 12.6. The molecule has 0 atom stereocenters. The average Bonchev–Trinajstić information content (AvgIpc) is 2.62. The fourth-order valence-corrected chi connectivity index (χ4v) is 2.70. The quantitative estimate of drug-likeness (QED) is 0.872. The van der Waals surface area contributed by atoms with Crippen molar-refractivity contribution in [1.29, 1.82) is 0 Å². The van der Waals surface area contributed by atoms with Gasteiger partial charge in [-0.05, 0) is 22.0 Å². The predicted octanol–water partition coefficient (Wildman–Crippen LogP) is 3.57. The number of nitrogens with zero attached hydrogens (tertiary/aromatic N) is 2. The van der Waals surface area contributed by atoms with Crippen LogP contribution in [0.1, 0.15) is 5.69 Å². The van der Waals surface area contributed by atoms with Crippen molar-refractivity contribution in [2.24, 2.45) is 0 Å². The summed E-state index contributed by atoms with van der Waals surface area (Å²) in [6.07, 6.45) is -4.53. The van der Waals surface area contributed by atoms with Gasteiger partial charge in [-0.2, -0.15) is 24.5 Å². The molecule has 0 aliphatic heterocycles. The number of alkyl halides is 3. The van der Waals surface area contributed by atoms with Crippen LogP contribution < -0.4 is 5.73 Å². The van der Waals surface area contributed by atoms with Crippen LogP contribution in [-0.2, 0) is 6.18 Å². The largest absolute Gasteiger partial charge is 0.433 e. The monoisotopic (exact) mass is 323 g/mol. The van der Waals surface area contributed by atoms with Crippen LogP contribution in [0.2, 0.25) is 0 Å². The van der Waals surface area contributed by atoms with Gasteiger partial charge in [0.2, 0.25) is 5.95 Å². The third-order valence-corrected chi connectivity index (χ3v) is 3.63. The van der Waals surface area contributed by atoms with E-state index in [1.807, 2.05) is 0 Å². The minimum atomic E-state index is -4.53. The molecule has 0 fully saturated rings. The van der Waals surface area contributed by atoms with Gasteiger partial charge in [0.15, 0.2) is 5.69 Å². The molecule has 17 heavy (non-hydrogen) atoms. The van der Waals surface area contributed by atoms with E-state index in [-0.39, 0.29) is 5.69 Å². The van der Waals surface area contributed by atoms with Crippen LogP contribution in [0.5, 0.6) is 0 Å². The number of halogens is 4. The molecule has 0 spiro atoms. The van der Waals surface area contributed by atoms with Gasteiger partial charge in [-0.3, -0.25) is 0 Å². The minimum absolute atomic E-state index is 0.151. The van der Waals surface area contributed by atoms with Crippen molar-refractivity contribution in [3.8, 4) is 11.3 Å². The second-order valence-corrected chi connectivity index (χ2v) is 4.73. The molecule has 2 N–H and O–H groups in total. The third kappa shape index (κ3) is 2.58. The van der Waals surface area contributed by atoms with Gasteiger partial charge in [0.05, 0.1) is 5.69 Å². The van der Waals surface area contributed by atoms with E-state index in [0.717, 1.165) is 6.07 Å². The van der Waals surface area contributed by atoms with Gasteiger partial charge in [-0.1, -0.05) is 0 Å². The zero-order valence-electron chi connectivity index (χ0n) is 8.12. The Morgan fingerprint density at radius 1 is 1.24 bits per heavy atom. The summed E-state index contributed by atoms with van der Waals surface area (Å²) in [5, 5.41) is 3.44. The summed E-state index contributed by atoms with van der Waals surface area (Å²) in [4.78, 5) is 6.97. The summed E-state index contributed by atoms with van der Waals surface area (Å²) in [6.45, 7) is 0. The maximum absolute atomic E-state index is 12.5. The maximum Gasteiger partial charge on any atom is 0.433 e. The van der Waals surface area contributed by atoms with Gasteiger partial charge in [0, 0.05) is 20.8 Å². The topological polar surface area (TPSA) is 51.8 Å². The van der Waals surface area contributed by atoms with Gasteiger partial charge < -0.3 is 5.73 Å². The van der Waals surface area contributed by atoms with E-state index in [1.165, 1.54) is 11.3 Å². The van der Waals surface area contributed by atoms with Crippen molar-refractivity contribution in [2.45, 2.75) is 6.18 Å². The molecule has 0 aliphatic rings. The number of aromatic nitrogens is 2. The highest BCUT2D eigenvalue weighted by Gasteiger charge is 2.33. The molecule has 0 unspecified atom stereocenters. The number of rotatable bonds is 1. The fourth-order valence-electron chi connectivity index (χ4n) is 1.21. The maximum atomic E-state index is 12.5. The van der Waals surface area contributed by atoms with Gasteiger partial charge in [0.1, 0.15) is 0 Å². The Bertz CT molecular complexity index is 553. The van der Waals surface area contributed by atoms with Crippen LogP contribution >= 0.6 is 27.3 Å². The molecule has 8 heteroatoms. The number of thiophene rings is 1. The lowest BCUT2D eigenvalue weighted by Gasteiger charge is -2.08.